The maximum atomic E-state index is 5.36. The molecule has 0 aliphatic heterocycles. The van der Waals surface area contributed by atoms with Crippen LogP contribution in [0.2, 0.25) is 0 Å². The van der Waals surface area contributed by atoms with Crippen LogP contribution >= 0.6 is 15.9 Å². The third-order valence-electron chi connectivity index (χ3n) is 1.37. The van der Waals surface area contributed by atoms with Gasteiger partial charge in [-0.1, -0.05) is 0 Å². The first-order valence-corrected chi connectivity index (χ1v) is 4.71. The highest BCUT2D eigenvalue weighted by Gasteiger charge is 2.00. The smallest absolute Gasteiger partial charge is 0.231 e. The van der Waals surface area contributed by atoms with E-state index in [2.05, 4.69) is 25.9 Å². The Balaban J connectivity index is 2.32. The lowest BCUT2D eigenvalue weighted by Crippen LogP contribution is -2.03. The summed E-state index contributed by atoms with van der Waals surface area (Å²) in [6.07, 6.45) is 3.96. The standard InChI is InChI=1S/C8H11BrN2O2/c1-12-3-2-4-13-8-7(9)5-10-6-11-8/h5-6H,2-4H2,1H3. The maximum absolute atomic E-state index is 5.36. The van der Waals surface area contributed by atoms with Gasteiger partial charge < -0.3 is 9.47 Å². The molecule has 5 heteroatoms. The predicted octanol–water partition coefficient (Wildman–Crippen LogP) is 1.65. The summed E-state index contributed by atoms with van der Waals surface area (Å²) in [5.74, 6) is 0.575. The second-order valence-electron chi connectivity index (χ2n) is 2.37. The quantitative estimate of drug-likeness (QED) is 0.742. The summed E-state index contributed by atoms with van der Waals surface area (Å²) in [5, 5.41) is 0. The fraction of sp³-hybridized carbons (Fsp3) is 0.500. The van der Waals surface area contributed by atoms with Crippen LogP contribution < -0.4 is 4.74 Å². The summed E-state index contributed by atoms with van der Waals surface area (Å²) >= 11 is 3.28. The van der Waals surface area contributed by atoms with Gasteiger partial charge in [0.2, 0.25) is 5.88 Å². The average molecular weight is 247 g/mol. The average Bonchev–Trinajstić information content (AvgIpc) is 2.15. The fourth-order valence-electron chi connectivity index (χ4n) is 0.780. The second kappa shape index (κ2) is 5.88. The highest BCUT2D eigenvalue weighted by molar-refractivity contribution is 9.10. The van der Waals surface area contributed by atoms with Crippen LogP contribution in [0, 0.1) is 0 Å². The molecule has 0 unspecified atom stereocenters. The molecule has 0 fully saturated rings. The molecule has 0 aliphatic carbocycles. The van der Waals surface area contributed by atoms with Gasteiger partial charge in [0.15, 0.2) is 0 Å². The van der Waals surface area contributed by atoms with Crippen LogP contribution in [0.1, 0.15) is 6.42 Å². The van der Waals surface area contributed by atoms with Crippen LogP contribution in [-0.4, -0.2) is 30.3 Å². The van der Waals surface area contributed by atoms with E-state index in [0.717, 1.165) is 10.9 Å². The van der Waals surface area contributed by atoms with E-state index in [1.54, 1.807) is 13.3 Å². The molecule has 0 atom stereocenters. The van der Waals surface area contributed by atoms with Gasteiger partial charge in [0.25, 0.3) is 0 Å². The van der Waals surface area contributed by atoms with Crippen molar-refractivity contribution in [3.8, 4) is 5.88 Å². The first-order valence-electron chi connectivity index (χ1n) is 3.92. The Kier molecular flexibility index (Phi) is 4.70. The Labute approximate surface area is 85.4 Å². The summed E-state index contributed by atoms with van der Waals surface area (Å²) in [6.45, 7) is 1.30. The van der Waals surface area contributed by atoms with E-state index in [0.29, 0.717) is 19.1 Å². The molecule has 4 nitrogen and oxygen atoms in total. The monoisotopic (exact) mass is 246 g/mol. The number of halogens is 1. The van der Waals surface area contributed by atoms with E-state index in [1.165, 1.54) is 6.33 Å². The van der Waals surface area contributed by atoms with Gasteiger partial charge in [0.05, 0.1) is 11.1 Å². The van der Waals surface area contributed by atoms with Gasteiger partial charge in [-0.25, -0.2) is 9.97 Å². The molecule has 0 saturated heterocycles. The number of nitrogens with zero attached hydrogens (tertiary/aromatic N) is 2. The predicted molar refractivity (Wildman–Crippen MR) is 51.7 cm³/mol. The lowest BCUT2D eigenvalue weighted by atomic mass is 10.5. The fourth-order valence-corrected chi connectivity index (χ4v) is 1.11. The zero-order valence-electron chi connectivity index (χ0n) is 7.36. The molecule has 1 rings (SSSR count). The minimum Gasteiger partial charge on any atom is -0.477 e. The molecule has 1 aromatic rings. The summed E-state index contributed by atoms with van der Waals surface area (Å²) in [4.78, 5) is 7.78. The van der Waals surface area contributed by atoms with E-state index in [1.807, 2.05) is 0 Å². The molecule has 72 valence electrons. The van der Waals surface area contributed by atoms with Gasteiger partial charge in [0, 0.05) is 26.3 Å². The van der Waals surface area contributed by atoms with Gasteiger partial charge in [-0.15, -0.1) is 0 Å². The van der Waals surface area contributed by atoms with Gasteiger partial charge >= 0.3 is 0 Å². The highest BCUT2D eigenvalue weighted by atomic mass is 79.9. The molecule has 0 bridgehead atoms. The summed E-state index contributed by atoms with van der Waals surface area (Å²) in [6, 6.07) is 0. The van der Waals surface area contributed by atoms with E-state index in [-0.39, 0.29) is 0 Å². The second-order valence-corrected chi connectivity index (χ2v) is 3.22. The van der Waals surface area contributed by atoms with Crippen molar-refractivity contribution in [2.75, 3.05) is 20.3 Å². The molecule has 0 saturated carbocycles. The number of aromatic nitrogens is 2. The summed E-state index contributed by atoms with van der Waals surface area (Å²) in [5.41, 5.74) is 0. The first-order chi connectivity index (χ1) is 6.34. The zero-order valence-corrected chi connectivity index (χ0v) is 8.95. The minimum atomic E-state index is 0.575. The van der Waals surface area contributed by atoms with E-state index >= 15 is 0 Å². The van der Waals surface area contributed by atoms with Crippen LogP contribution in [0.3, 0.4) is 0 Å². The number of methoxy groups -OCH3 is 1. The van der Waals surface area contributed by atoms with Crippen molar-refractivity contribution in [2.24, 2.45) is 0 Å². The van der Waals surface area contributed by atoms with Gasteiger partial charge in [0.1, 0.15) is 6.33 Å². The van der Waals surface area contributed by atoms with Gasteiger partial charge in [-0.05, 0) is 15.9 Å². The number of ether oxygens (including phenoxy) is 2. The molecule has 0 radical (unpaired) electrons. The van der Waals surface area contributed by atoms with Crippen molar-refractivity contribution in [2.45, 2.75) is 6.42 Å². The number of rotatable bonds is 5. The molecule has 0 amide bonds. The SMILES string of the molecule is COCCCOc1ncncc1Br. The Hall–Kier alpha value is -0.680. The molecular weight excluding hydrogens is 236 g/mol. The van der Waals surface area contributed by atoms with Crippen molar-refractivity contribution >= 4 is 15.9 Å². The molecule has 0 aromatic carbocycles. The normalized spacial score (nSPS) is 10.0. The van der Waals surface area contributed by atoms with Crippen molar-refractivity contribution in [1.82, 2.24) is 9.97 Å². The lowest BCUT2D eigenvalue weighted by Gasteiger charge is -2.05. The van der Waals surface area contributed by atoms with E-state index < -0.39 is 0 Å². The molecule has 0 spiro atoms. The van der Waals surface area contributed by atoms with Crippen LogP contribution in [-0.2, 0) is 4.74 Å². The topological polar surface area (TPSA) is 44.2 Å². The Morgan fingerprint density at radius 3 is 3.00 bits per heavy atom. The maximum Gasteiger partial charge on any atom is 0.231 e. The van der Waals surface area contributed by atoms with E-state index in [4.69, 9.17) is 9.47 Å². The number of hydrogen-bond donors (Lipinski definition) is 0. The zero-order chi connectivity index (χ0) is 9.52. The molecule has 0 aliphatic rings. The molecule has 0 N–H and O–H groups in total. The van der Waals surface area contributed by atoms with Gasteiger partial charge in [-0.3, -0.25) is 0 Å². The van der Waals surface area contributed by atoms with Crippen LogP contribution in [0.25, 0.3) is 0 Å². The largest absolute Gasteiger partial charge is 0.477 e. The van der Waals surface area contributed by atoms with Crippen LogP contribution in [0.15, 0.2) is 17.0 Å². The van der Waals surface area contributed by atoms with Crippen molar-refractivity contribution in [1.29, 1.82) is 0 Å². The third-order valence-corrected chi connectivity index (χ3v) is 1.91. The van der Waals surface area contributed by atoms with E-state index in [9.17, 15) is 0 Å². The Morgan fingerprint density at radius 2 is 2.31 bits per heavy atom. The Bertz CT molecular complexity index is 258. The Morgan fingerprint density at radius 1 is 1.46 bits per heavy atom. The highest BCUT2D eigenvalue weighted by Crippen LogP contribution is 2.19. The summed E-state index contributed by atoms with van der Waals surface area (Å²) < 4.78 is 11.0. The van der Waals surface area contributed by atoms with Crippen molar-refractivity contribution in [3.05, 3.63) is 17.0 Å². The first kappa shape index (κ1) is 10.4. The van der Waals surface area contributed by atoms with Crippen molar-refractivity contribution in [3.63, 3.8) is 0 Å². The van der Waals surface area contributed by atoms with Crippen LogP contribution in [0.5, 0.6) is 5.88 Å². The minimum absolute atomic E-state index is 0.575. The summed E-state index contributed by atoms with van der Waals surface area (Å²) in [7, 11) is 1.67. The molecular formula is C8H11BrN2O2. The lowest BCUT2D eigenvalue weighted by molar-refractivity contribution is 0.170. The third kappa shape index (κ3) is 3.69. The molecule has 1 heterocycles. The number of hydrogen-bond acceptors (Lipinski definition) is 4. The molecule has 1 aromatic heterocycles. The van der Waals surface area contributed by atoms with Gasteiger partial charge in [-0.2, -0.15) is 0 Å². The van der Waals surface area contributed by atoms with Crippen LogP contribution in [0.4, 0.5) is 0 Å². The molecule has 13 heavy (non-hydrogen) atoms. The van der Waals surface area contributed by atoms with Crippen molar-refractivity contribution < 1.29 is 9.47 Å².